The number of rotatable bonds is 6. The zero-order chi connectivity index (χ0) is 37.0. The molecule has 0 saturated carbocycles. The van der Waals surface area contributed by atoms with Crippen LogP contribution < -0.4 is 0 Å². The van der Waals surface area contributed by atoms with Gasteiger partial charge >= 0.3 is 0 Å². The second-order valence-corrected chi connectivity index (χ2v) is 14.0. The Labute approximate surface area is 322 Å². The first-order valence-corrected chi connectivity index (χ1v) is 18.8. The Morgan fingerprint density at radius 3 is 1.66 bits per heavy atom. The van der Waals surface area contributed by atoms with Crippen LogP contribution in [0, 0.1) is 0 Å². The first-order chi connectivity index (χ1) is 27.7. The molecule has 0 N–H and O–H groups in total. The van der Waals surface area contributed by atoms with Crippen LogP contribution in [0.3, 0.4) is 0 Å². The molecule has 0 amide bonds. The lowest BCUT2D eigenvalue weighted by Gasteiger charge is -2.12. The second-order valence-electron chi connectivity index (χ2n) is 14.0. The number of benzene rings is 8. The van der Waals surface area contributed by atoms with E-state index in [1.54, 1.807) is 0 Å². The molecule has 5 heteroatoms. The summed E-state index contributed by atoms with van der Waals surface area (Å²) in [6, 6.07) is 67.6. The molecule has 0 aliphatic rings. The maximum Gasteiger partial charge on any atom is 0.164 e. The van der Waals surface area contributed by atoms with Crippen molar-refractivity contribution in [3.05, 3.63) is 194 Å². The van der Waals surface area contributed by atoms with Crippen molar-refractivity contribution < 1.29 is 4.42 Å². The molecule has 0 aliphatic carbocycles. The van der Waals surface area contributed by atoms with E-state index in [1.165, 1.54) is 27.4 Å². The molecule has 0 atom stereocenters. The lowest BCUT2D eigenvalue weighted by Crippen LogP contribution is -2.00. The van der Waals surface area contributed by atoms with Crippen LogP contribution in [-0.4, -0.2) is 19.5 Å². The molecule has 262 valence electrons. The smallest absolute Gasteiger partial charge is 0.164 e. The predicted molar refractivity (Wildman–Crippen MR) is 229 cm³/mol. The third kappa shape index (κ3) is 5.37. The van der Waals surface area contributed by atoms with E-state index in [0.29, 0.717) is 17.5 Å². The van der Waals surface area contributed by atoms with Gasteiger partial charge in [-0.3, -0.25) is 0 Å². The Morgan fingerprint density at radius 2 is 0.875 bits per heavy atom. The summed E-state index contributed by atoms with van der Waals surface area (Å²) in [7, 11) is 0. The Hall–Kier alpha value is -7.63. The quantitative estimate of drug-likeness (QED) is 0.172. The Bertz CT molecular complexity index is 3240. The monoisotopic (exact) mass is 716 g/mol. The summed E-state index contributed by atoms with van der Waals surface area (Å²) in [6.45, 7) is 0. The fourth-order valence-electron chi connectivity index (χ4n) is 8.00. The van der Waals surface area contributed by atoms with E-state index in [1.807, 2.05) is 60.7 Å². The van der Waals surface area contributed by atoms with E-state index in [-0.39, 0.29) is 0 Å². The SMILES string of the molecule is c1ccc(-c2nc(-c3cccc(-c4ccc5c(c4)c4cccc(-c6ccccc6)c4n5-c4ccccc4)c3)nc(-c3ccc4oc5ccccc5c4c3)n2)cc1. The van der Waals surface area contributed by atoms with Crippen molar-refractivity contribution >= 4 is 43.7 Å². The first-order valence-electron chi connectivity index (χ1n) is 18.8. The molecule has 8 aromatic carbocycles. The predicted octanol–water partition coefficient (Wildman–Crippen LogP) is 13.2. The van der Waals surface area contributed by atoms with Gasteiger partial charge in [0.1, 0.15) is 11.2 Å². The minimum absolute atomic E-state index is 0.607. The van der Waals surface area contributed by atoms with Crippen LogP contribution in [-0.2, 0) is 0 Å². The van der Waals surface area contributed by atoms with Crippen molar-refractivity contribution in [3.8, 4) is 62.1 Å². The molecular formula is C51H32N4O. The number of nitrogens with zero attached hydrogens (tertiary/aromatic N) is 4. The van der Waals surface area contributed by atoms with E-state index < -0.39 is 0 Å². The zero-order valence-corrected chi connectivity index (χ0v) is 30.2. The first kappa shape index (κ1) is 31.9. The highest BCUT2D eigenvalue weighted by Crippen LogP contribution is 2.40. The standard InChI is InChI=1S/C51H32N4O/c1-4-14-33(15-5-1)40-23-13-24-42-43-31-36(26-28-45(43)55(48(40)42)39-20-8-3-9-21-39)35-18-12-19-37(30-35)50-52-49(34-16-6-2-7-17-34)53-51(54-50)38-27-29-47-44(32-38)41-22-10-11-25-46(41)56-47/h1-32H. The van der Waals surface area contributed by atoms with Gasteiger partial charge in [0.15, 0.2) is 17.5 Å². The molecule has 0 spiro atoms. The zero-order valence-electron chi connectivity index (χ0n) is 30.2. The van der Waals surface area contributed by atoms with Crippen molar-refractivity contribution in [2.75, 3.05) is 0 Å². The summed E-state index contributed by atoms with van der Waals surface area (Å²) < 4.78 is 8.53. The minimum atomic E-state index is 0.607. The number of aromatic nitrogens is 4. The summed E-state index contributed by atoms with van der Waals surface area (Å²) >= 11 is 0. The van der Waals surface area contributed by atoms with Crippen LogP contribution in [0.5, 0.6) is 0 Å². The molecule has 0 bridgehead atoms. The van der Waals surface area contributed by atoms with Crippen LogP contribution in [0.4, 0.5) is 0 Å². The summed E-state index contributed by atoms with van der Waals surface area (Å²) in [4.78, 5) is 15.2. The molecule has 3 heterocycles. The van der Waals surface area contributed by atoms with Crippen molar-refractivity contribution in [1.82, 2.24) is 19.5 Å². The fraction of sp³-hybridized carbons (Fsp3) is 0. The number of fused-ring (bicyclic) bond motifs is 6. The number of furan rings is 1. The summed E-state index contributed by atoms with van der Waals surface area (Å²) in [5.74, 6) is 1.84. The van der Waals surface area contributed by atoms with E-state index in [9.17, 15) is 0 Å². The van der Waals surface area contributed by atoms with Crippen molar-refractivity contribution in [3.63, 3.8) is 0 Å². The Balaban J connectivity index is 1.07. The lowest BCUT2D eigenvalue weighted by atomic mass is 9.99. The summed E-state index contributed by atoms with van der Waals surface area (Å²) in [5.41, 5.74) is 12.5. The molecule has 56 heavy (non-hydrogen) atoms. The van der Waals surface area contributed by atoms with Crippen LogP contribution >= 0.6 is 0 Å². The molecule has 0 aliphatic heterocycles. The molecule has 5 nitrogen and oxygen atoms in total. The molecule has 0 saturated heterocycles. The molecule has 11 aromatic rings. The van der Waals surface area contributed by atoms with E-state index >= 15 is 0 Å². The van der Waals surface area contributed by atoms with Gasteiger partial charge in [0.25, 0.3) is 0 Å². The molecule has 0 radical (unpaired) electrons. The van der Waals surface area contributed by atoms with Crippen LogP contribution in [0.2, 0.25) is 0 Å². The van der Waals surface area contributed by atoms with Crippen molar-refractivity contribution in [2.45, 2.75) is 0 Å². The van der Waals surface area contributed by atoms with Gasteiger partial charge in [-0.05, 0) is 71.3 Å². The minimum Gasteiger partial charge on any atom is -0.456 e. The second kappa shape index (κ2) is 13.0. The highest BCUT2D eigenvalue weighted by atomic mass is 16.3. The Kier molecular flexibility index (Phi) is 7.42. The van der Waals surface area contributed by atoms with Gasteiger partial charge in [-0.2, -0.15) is 0 Å². The van der Waals surface area contributed by atoms with Gasteiger partial charge in [0.2, 0.25) is 0 Å². The van der Waals surface area contributed by atoms with Gasteiger partial charge in [-0.15, -0.1) is 0 Å². The van der Waals surface area contributed by atoms with E-state index in [0.717, 1.165) is 61.0 Å². The highest BCUT2D eigenvalue weighted by Gasteiger charge is 2.19. The topological polar surface area (TPSA) is 56.7 Å². The van der Waals surface area contributed by atoms with Crippen LogP contribution in [0.1, 0.15) is 0 Å². The average molecular weight is 717 g/mol. The maximum atomic E-state index is 6.13. The third-order valence-corrected chi connectivity index (χ3v) is 10.6. The van der Waals surface area contributed by atoms with E-state index in [2.05, 4.69) is 138 Å². The summed E-state index contributed by atoms with van der Waals surface area (Å²) in [5, 5.41) is 4.50. The average Bonchev–Trinajstić information content (AvgIpc) is 3.82. The van der Waals surface area contributed by atoms with Gasteiger partial charge in [0, 0.05) is 49.5 Å². The molecule has 0 unspecified atom stereocenters. The number of para-hydroxylation sites is 3. The third-order valence-electron chi connectivity index (χ3n) is 10.6. The fourth-order valence-corrected chi connectivity index (χ4v) is 8.00. The Morgan fingerprint density at radius 1 is 0.339 bits per heavy atom. The van der Waals surface area contributed by atoms with Gasteiger partial charge in [0.05, 0.1) is 11.0 Å². The number of hydrogen-bond acceptors (Lipinski definition) is 4. The molecular weight excluding hydrogens is 685 g/mol. The van der Waals surface area contributed by atoms with Crippen LogP contribution in [0.15, 0.2) is 199 Å². The lowest BCUT2D eigenvalue weighted by molar-refractivity contribution is 0.669. The molecule has 3 aromatic heterocycles. The normalized spacial score (nSPS) is 11.6. The van der Waals surface area contributed by atoms with Crippen molar-refractivity contribution in [2.24, 2.45) is 0 Å². The number of hydrogen-bond donors (Lipinski definition) is 0. The van der Waals surface area contributed by atoms with Crippen molar-refractivity contribution in [1.29, 1.82) is 0 Å². The van der Waals surface area contributed by atoms with Gasteiger partial charge < -0.3 is 8.98 Å². The van der Waals surface area contributed by atoms with Crippen LogP contribution in [0.25, 0.3) is 106 Å². The maximum absolute atomic E-state index is 6.13. The summed E-state index contributed by atoms with van der Waals surface area (Å²) in [6.07, 6.45) is 0. The van der Waals surface area contributed by atoms with E-state index in [4.69, 9.17) is 19.4 Å². The highest BCUT2D eigenvalue weighted by molar-refractivity contribution is 6.14. The largest absolute Gasteiger partial charge is 0.456 e. The molecule has 0 fully saturated rings. The van der Waals surface area contributed by atoms with Gasteiger partial charge in [-0.1, -0.05) is 140 Å². The van der Waals surface area contributed by atoms with Gasteiger partial charge in [-0.25, -0.2) is 15.0 Å². The molecule has 11 rings (SSSR count).